The van der Waals surface area contributed by atoms with Crippen LogP contribution >= 0.6 is 11.6 Å². The molecule has 0 aromatic heterocycles. The van der Waals surface area contributed by atoms with E-state index in [1.54, 1.807) is 30.3 Å². The molecule has 2 aromatic carbocycles. The Bertz CT molecular complexity index is 880. The topological polar surface area (TPSA) is 34.1 Å². The molecule has 4 saturated carbocycles. The molecule has 0 radical (unpaired) electrons. The second kappa shape index (κ2) is 6.31. The number of carbonyl (C=O) groups is 2. The lowest BCUT2D eigenvalue weighted by Crippen LogP contribution is -2.50. The molecule has 4 bridgehead atoms. The van der Waals surface area contributed by atoms with Crippen molar-refractivity contribution in [1.82, 2.24) is 0 Å². The number of hydrogen-bond acceptors (Lipinski definition) is 2. The monoisotopic (exact) mass is 378 g/mol. The summed E-state index contributed by atoms with van der Waals surface area (Å²) < 4.78 is 0. The van der Waals surface area contributed by atoms with Gasteiger partial charge in [0.2, 0.25) is 0 Å². The van der Waals surface area contributed by atoms with Gasteiger partial charge in [0, 0.05) is 27.1 Å². The number of rotatable bonds is 4. The van der Waals surface area contributed by atoms with Gasteiger partial charge in [-0.25, -0.2) is 0 Å². The van der Waals surface area contributed by atoms with Crippen LogP contribution in [0.2, 0.25) is 5.02 Å². The molecule has 27 heavy (non-hydrogen) atoms. The van der Waals surface area contributed by atoms with E-state index in [9.17, 15) is 9.59 Å². The summed E-state index contributed by atoms with van der Waals surface area (Å²) in [7, 11) is 0. The van der Waals surface area contributed by atoms with Crippen LogP contribution in [0.5, 0.6) is 0 Å². The first-order valence-electron chi connectivity index (χ1n) is 9.98. The van der Waals surface area contributed by atoms with Gasteiger partial charge in [-0.2, -0.15) is 0 Å². The summed E-state index contributed by atoms with van der Waals surface area (Å²) in [5.41, 5.74) is 1.36. The van der Waals surface area contributed by atoms with Crippen LogP contribution < -0.4 is 0 Å². The Morgan fingerprint density at radius 1 is 0.815 bits per heavy atom. The molecule has 2 nitrogen and oxygen atoms in total. The third kappa shape index (κ3) is 2.86. The first kappa shape index (κ1) is 17.2. The van der Waals surface area contributed by atoms with Gasteiger partial charge in [0.1, 0.15) is 0 Å². The molecule has 3 heteroatoms. The van der Waals surface area contributed by atoms with Crippen LogP contribution in [0.1, 0.15) is 64.8 Å². The second-order valence-electron chi connectivity index (χ2n) is 8.91. The van der Waals surface area contributed by atoms with Crippen LogP contribution in [0.4, 0.5) is 0 Å². The number of ketones is 2. The van der Waals surface area contributed by atoms with E-state index in [1.165, 1.54) is 19.3 Å². The zero-order valence-corrected chi connectivity index (χ0v) is 16.0. The summed E-state index contributed by atoms with van der Waals surface area (Å²) in [6.45, 7) is 0. The Labute approximate surface area is 164 Å². The molecule has 6 rings (SSSR count). The van der Waals surface area contributed by atoms with Gasteiger partial charge in [-0.3, -0.25) is 9.59 Å². The molecule has 0 aliphatic heterocycles. The van der Waals surface area contributed by atoms with Crippen molar-refractivity contribution in [3.8, 4) is 0 Å². The Morgan fingerprint density at radius 2 is 1.41 bits per heavy atom. The van der Waals surface area contributed by atoms with Crippen LogP contribution in [0.3, 0.4) is 0 Å². The van der Waals surface area contributed by atoms with E-state index in [-0.39, 0.29) is 17.0 Å². The fourth-order valence-corrected chi connectivity index (χ4v) is 6.49. The van der Waals surface area contributed by atoms with Crippen molar-refractivity contribution in [3.05, 3.63) is 70.2 Å². The van der Waals surface area contributed by atoms with Crippen LogP contribution in [0, 0.1) is 23.2 Å². The van der Waals surface area contributed by atoms with E-state index in [2.05, 4.69) is 0 Å². The van der Waals surface area contributed by atoms with Crippen LogP contribution in [0.15, 0.2) is 48.5 Å². The molecule has 4 fully saturated rings. The maximum Gasteiger partial charge on any atom is 0.193 e. The molecular formula is C24H23ClO2. The lowest BCUT2D eigenvalue weighted by molar-refractivity contribution is -0.0353. The van der Waals surface area contributed by atoms with E-state index in [0.29, 0.717) is 39.5 Å². The number of halogens is 1. The summed E-state index contributed by atoms with van der Waals surface area (Å²) >= 11 is 6.21. The highest BCUT2D eigenvalue weighted by Crippen LogP contribution is 2.61. The molecule has 0 saturated heterocycles. The highest BCUT2D eigenvalue weighted by Gasteiger charge is 2.54. The van der Waals surface area contributed by atoms with Gasteiger partial charge >= 0.3 is 0 Å². The van der Waals surface area contributed by atoms with Crippen molar-refractivity contribution in [2.75, 3.05) is 0 Å². The van der Waals surface area contributed by atoms with Gasteiger partial charge in [-0.05, 0) is 74.5 Å². The zero-order valence-electron chi connectivity index (χ0n) is 15.3. The summed E-state index contributed by atoms with van der Waals surface area (Å²) in [5.74, 6) is 2.14. The Morgan fingerprint density at radius 3 is 2.00 bits per heavy atom. The van der Waals surface area contributed by atoms with Gasteiger partial charge in [-0.1, -0.05) is 41.9 Å². The lowest BCUT2D eigenvalue weighted by atomic mass is 9.48. The van der Waals surface area contributed by atoms with Crippen molar-refractivity contribution in [1.29, 1.82) is 0 Å². The van der Waals surface area contributed by atoms with Crippen molar-refractivity contribution < 1.29 is 9.59 Å². The summed E-state index contributed by atoms with van der Waals surface area (Å²) in [4.78, 5) is 26.9. The molecule has 0 amide bonds. The highest BCUT2D eigenvalue weighted by atomic mass is 35.5. The fourth-order valence-electron chi connectivity index (χ4n) is 6.32. The van der Waals surface area contributed by atoms with Crippen molar-refractivity contribution >= 4 is 23.2 Å². The summed E-state index contributed by atoms with van der Waals surface area (Å²) in [5, 5.41) is 0.497. The molecule has 0 heterocycles. The standard InChI is InChI=1S/C24H23ClO2/c25-19-6-7-20(21(11-19)22(26)18-4-2-1-3-5-18)23(27)24-12-15-8-16(13-24)10-17(9-15)14-24/h1-7,11,15-17H,8-10,12-14H2. The number of carbonyl (C=O) groups excluding carboxylic acids is 2. The van der Waals surface area contributed by atoms with Gasteiger partial charge in [0.25, 0.3) is 0 Å². The number of benzene rings is 2. The molecule has 0 atom stereocenters. The van der Waals surface area contributed by atoms with E-state index in [1.807, 2.05) is 18.2 Å². The SMILES string of the molecule is O=C(c1ccccc1)c1cc(Cl)ccc1C(=O)C12CC3CC(CC(C3)C1)C2. The predicted molar refractivity (Wildman–Crippen MR) is 106 cm³/mol. The second-order valence-corrected chi connectivity index (χ2v) is 9.35. The van der Waals surface area contributed by atoms with Crippen molar-refractivity contribution in [2.45, 2.75) is 38.5 Å². The highest BCUT2D eigenvalue weighted by molar-refractivity contribution is 6.31. The average molecular weight is 379 g/mol. The Kier molecular flexibility index (Phi) is 4.01. The molecule has 138 valence electrons. The van der Waals surface area contributed by atoms with E-state index in [4.69, 9.17) is 11.6 Å². The van der Waals surface area contributed by atoms with Gasteiger partial charge in [0.15, 0.2) is 11.6 Å². The quantitative estimate of drug-likeness (QED) is 0.614. The smallest absolute Gasteiger partial charge is 0.193 e. The third-order valence-corrected chi connectivity index (χ3v) is 7.26. The van der Waals surface area contributed by atoms with Crippen molar-refractivity contribution in [2.24, 2.45) is 23.2 Å². The minimum Gasteiger partial charge on any atom is -0.294 e. The Balaban J connectivity index is 1.56. The van der Waals surface area contributed by atoms with Crippen LogP contribution in [-0.2, 0) is 0 Å². The summed E-state index contributed by atoms with van der Waals surface area (Å²) in [6.07, 6.45) is 6.88. The molecule has 0 spiro atoms. The first-order valence-corrected chi connectivity index (χ1v) is 10.4. The van der Waals surface area contributed by atoms with Gasteiger partial charge in [0.05, 0.1) is 0 Å². The molecule has 0 N–H and O–H groups in total. The van der Waals surface area contributed by atoms with Gasteiger partial charge in [-0.15, -0.1) is 0 Å². The maximum atomic E-state index is 13.8. The maximum absolute atomic E-state index is 13.8. The summed E-state index contributed by atoms with van der Waals surface area (Å²) in [6, 6.07) is 14.4. The number of hydrogen-bond donors (Lipinski definition) is 0. The van der Waals surface area contributed by atoms with Crippen LogP contribution in [0.25, 0.3) is 0 Å². The molecular weight excluding hydrogens is 356 g/mol. The minimum absolute atomic E-state index is 0.119. The Hall–Kier alpha value is -1.93. The van der Waals surface area contributed by atoms with Crippen LogP contribution in [-0.4, -0.2) is 11.6 Å². The minimum atomic E-state index is -0.256. The normalized spacial score (nSPS) is 31.1. The zero-order chi connectivity index (χ0) is 18.6. The molecule has 4 aliphatic rings. The third-order valence-electron chi connectivity index (χ3n) is 7.03. The molecule has 0 unspecified atom stereocenters. The molecule has 2 aromatic rings. The first-order chi connectivity index (χ1) is 13.0. The van der Waals surface area contributed by atoms with Crippen molar-refractivity contribution in [3.63, 3.8) is 0 Å². The average Bonchev–Trinajstić information content (AvgIpc) is 2.66. The largest absolute Gasteiger partial charge is 0.294 e. The van der Waals surface area contributed by atoms with Gasteiger partial charge < -0.3 is 0 Å². The van der Waals surface area contributed by atoms with E-state index < -0.39 is 0 Å². The predicted octanol–water partition coefficient (Wildman–Crippen LogP) is 5.97. The van der Waals surface area contributed by atoms with E-state index >= 15 is 0 Å². The fraction of sp³-hybridized carbons (Fsp3) is 0.417. The lowest BCUT2D eigenvalue weighted by Gasteiger charge is -2.56. The van der Waals surface area contributed by atoms with E-state index in [0.717, 1.165) is 19.3 Å². The molecule has 4 aliphatic carbocycles. The number of Topliss-reactive ketones (excluding diaryl/α,β-unsaturated/α-hetero) is 1.